The lowest BCUT2D eigenvalue weighted by Crippen LogP contribution is -2.44. The average Bonchev–Trinajstić information content (AvgIpc) is 2.75. The van der Waals surface area contributed by atoms with Crippen LogP contribution in [0.5, 0.6) is 5.75 Å². The summed E-state index contributed by atoms with van der Waals surface area (Å²) in [6.07, 6.45) is -0.151. The van der Waals surface area contributed by atoms with Gasteiger partial charge in [0.05, 0.1) is 12.0 Å². The van der Waals surface area contributed by atoms with E-state index in [0.717, 1.165) is 11.3 Å². The predicted octanol–water partition coefficient (Wildman–Crippen LogP) is 4.13. The molecule has 0 aliphatic rings. The van der Waals surface area contributed by atoms with Gasteiger partial charge in [0.1, 0.15) is 19.0 Å². The summed E-state index contributed by atoms with van der Waals surface area (Å²) in [6, 6.07) is 13.0. The van der Waals surface area contributed by atoms with Crippen LogP contribution in [0.25, 0.3) is 0 Å². The Morgan fingerprint density at radius 3 is 2.06 bits per heavy atom. The topological polar surface area (TPSA) is 117 Å². The van der Waals surface area contributed by atoms with Crippen molar-refractivity contribution in [2.75, 3.05) is 7.11 Å². The number of nitrogens with zero attached hydrogens (tertiary/aromatic N) is 1. The lowest BCUT2D eigenvalue weighted by Gasteiger charge is -2.25. The molecule has 2 aromatic carbocycles. The van der Waals surface area contributed by atoms with Gasteiger partial charge in [0.25, 0.3) is 5.69 Å². The third kappa shape index (κ3) is 8.33. The summed E-state index contributed by atoms with van der Waals surface area (Å²) >= 11 is 0. The van der Waals surface area contributed by atoms with Crippen LogP contribution in [0.3, 0.4) is 0 Å². The fourth-order valence-corrected chi connectivity index (χ4v) is 2.61. The first kappa shape index (κ1) is 23.7. The van der Waals surface area contributed by atoms with Crippen LogP contribution < -0.4 is 10.1 Å². The van der Waals surface area contributed by atoms with Crippen molar-refractivity contribution >= 4 is 17.7 Å². The number of carbonyl (C=O) groups is 2. The smallest absolute Gasteiger partial charge is 0.407 e. The van der Waals surface area contributed by atoms with Crippen molar-refractivity contribution in [3.05, 3.63) is 69.8 Å². The second kappa shape index (κ2) is 11.0. The van der Waals surface area contributed by atoms with Crippen molar-refractivity contribution in [1.82, 2.24) is 5.32 Å². The third-order valence-electron chi connectivity index (χ3n) is 4.47. The van der Waals surface area contributed by atoms with Gasteiger partial charge in [0.15, 0.2) is 0 Å². The first-order valence-corrected chi connectivity index (χ1v) is 9.65. The summed E-state index contributed by atoms with van der Waals surface area (Å²) in [5.41, 5.74) is 0.751. The molecule has 0 aliphatic heterocycles. The molecule has 0 aromatic heterocycles. The van der Waals surface area contributed by atoms with Crippen LogP contribution in [0.2, 0.25) is 0 Å². The Balaban J connectivity index is 1.71. The van der Waals surface area contributed by atoms with Crippen molar-refractivity contribution < 1.29 is 28.7 Å². The highest BCUT2D eigenvalue weighted by atomic mass is 16.6. The molecule has 1 N–H and O–H groups in total. The van der Waals surface area contributed by atoms with Gasteiger partial charge in [0.2, 0.25) is 0 Å². The fourth-order valence-electron chi connectivity index (χ4n) is 2.61. The van der Waals surface area contributed by atoms with Crippen LogP contribution in [0.15, 0.2) is 48.5 Å². The number of esters is 1. The highest BCUT2D eigenvalue weighted by molar-refractivity contribution is 5.70. The van der Waals surface area contributed by atoms with E-state index in [1.807, 2.05) is 12.1 Å². The number of alkyl carbamates (subject to hydrolysis) is 1. The zero-order valence-corrected chi connectivity index (χ0v) is 17.8. The molecule has 0 unspecified atom stereocenters. The van der Waals surface area contributed by atoms with E-state index in [2.05, 4.69) is 5.32 Å². The molecule has 2 rings (SSSR count). The van der Waals surface area contributed by atoms with Gasteiger partial charge in [-0.3, -0.25) is 14.9 Å². The van der Waals surface area contributed by atoms with Crippen molar-refractivity contribution in [1.29, 1.82) is 0 Å². The van der Waals surface area contributed by atoms with E-state index >= 15 is 0 Å². The lowest BCUT2D eigenvalue weighted by atomic mass is 9.99. The molecule has 0 fully saturated rings. The van der Waals surface area contributed by atoms with Gasteiger partial charge in [-0.15, -0.1) is 0 Å². The van der Waals surface area contributed by atoms with Crippen LogP contribution >= 0.6 is 0 Å². The quantitative estimate of drug-likeness (QED) is 0.342. The predicted molar refractivity (Wildman–Crippen MR) is 113 cm³/mol. The number of nitro benzene ring substituents is 1. The van der Waals surface area contributed by atoms with Crippen LogP contribution in [0, 0.1) is 10.1 Å². The van der Waals surface area contributed by atoms with Crippen LogP contribution in [0.1, 0.15) is 37.8 Å². The summed E-state index contributed by atoms with van der Waals surface area (Å²) in [5.74, 6) is 0.355. The highest BCUT2D eigenvalue weighted by Gasteiger charge is 2.23. The number of rotatable bonds is 10. The summed E-state index contributed by atoms with van der Waals surface area (Å²) in [6.45, 7) is 3.69. The van der Waals surface area contributed by atoms with E-state index in [-0.39, 0.29) is 31.3 Å². The number of hydrogen-bond acceptors (Lipinski definition) is 7. The van der Waals surface area contributed by atoms with E-state index in [0.29, 0.717) is 12.0 Å². The van der Waals surface area contributed by atoms with Crippen LogP contribution in [-0.4, -0.2) is 29.6 Å². The molecule has 9 nitrogen and oxygen atoms in total. The Kier molecular flexibility index (Phi) is 8.36. The molecule has 0 aliphatic carbocycles. The zero-order chi connectivity index (χ0) is 22.9. The number of nitrogens with one attached hydrogen (secondary N) is 1. The minimum absolute atomic E-state index is 0.0240. The number of benzene rings is 2. The summed E-state index contributed by atoms with van der Waals surface area (Å²) < 4.78 is 15.5. The first-order valence-electron chi connectivity index (χ1n) is 9.65. The van der Waals surface area contributed by atoms with Crippen LogP contribution in [0.4, 0.5) is 10.5 Å². The SMILES string of the molecule is COc1ccc(COC(=O)CCC(C)(C)NC(=O)OCc2ccc([N+](=O)[O-])cc2)cc1. The maximum absolute atomic E-state index is 12.0. The average molecular weight is 430 g/mol. The molecular weight excluding hydrogens is 404 g/mol. The Labute approximate surface area is 180 Å². The molecule has 0 spiro atoms. The van der Waals surface area contributed by atoms with E-state index in [4.69, 9.17) is 14.2 Å². The Bertz CT molecular complexity index is 893. The Morgan fingerprint density at radius 1 is 0.968 bits per heavy atom. The lowest BCUT2D eigenvalue weighted by molar-refractivity contribution is -0.384. The maximum Gasteiger partial charge on any atom is 0.407 e. The van der Waals surface area contributed by atoms with Crippen molar-refractivity contribution in [2.45, 2.75) is 45.4 Å². The molecule has 0 bridgehead atoms. The third-order valence-corrected chi connectivity index (χ3v) is 4.47. The number of carbonyl (C=O) groups excluding carboxylic acids is 2. The Morgan fingerprint density at radius 2 is 1.52 bits per heavy atom. The van der Waals surface area contributed by atoms with Crippen molar-refractivity contribution in [2.24, 2.45) is 0 Å². The molecule has 2 aromatic rings. The largest absolute Gasteiger partial charge is 0.497 e. The number of amides is 1. The molecule has 31 heavy (non-hydrogen) atoms. The normalized spacial score (nSPS) is 10.8. The zero-order valence-electron chi connectivity index (χ0n) is 17.8. The fraction of sp³-hybridized carbons (Fsp3) is 0.364. The number of hydrogen-bond donors (Lipinski definition) is 1. The minimum atomic E-state index is -0.689. The van der Waals surface area contributed by atoms with Gasteiger partial charge in [-0.1, -0.05) is 12.1 Å². The molecule has 166 valence electrons. The highest BCUT2D eigenvalue weighted by Crippen LogP contribution is 2.16. The van der Waals surface area contributed by atoms with Crippen LogP contribution in [-0.2, 0) is 27.5 Å². The molecule has 0 atom stereocenters. The maximum atomic E-state index is 12.0. The van der Waals surface area contributed by atoms with Gasteiger partial charge in [0, 0.05) is 24.1 Å². The summed E-state index contributed by atoms with van der Waals surface area (Å²) in [4.78, 5) is 34.2. The van der Waals surface area contributed by atoms with Gasteiger partial charge in [-0.2, -0.15) is 0 Å². The molecule has 0 saturated heterocycles. The Hall–Kier alpha value is -3.62. The van der Waals surface area contributed by atoms with Crippen molar-refractivity contribution in [3.63, 3.8) is 0 Å². The molecule has 0 radical (unpaired) electrons. The van der Waals surface area contributed by atoms with Gasteiger partial charge in [-0.25, -0.2) is 4.79 Å². The number of methoxy groups -OCH3 is 1. The standard InChI is InChI=1S/C22H26N2O7/c1-22(2,13-12-20(25)30-14-17-6-10-19(29-3)11-7-17)23-21(26)31-15-16-4-8-18(9-5-16)24(27)28/h4-11H,12-15H2,1-3H3,(H,23,26). The first-order chi connectivity index (χ1) is 14.7. The molecule has 9 heteroatoms. The van der Waals surface area contributed by atoms with E-state index in [1.54, 1.807) is 33.1 Å². The second-order valence-electron chi connectivity index (χ2n) is 7.52. The number of ether oxygens (including phenoxy) is 3. The van der Waals surface area contributed by atoms with Crippen molar-refractivity contribution in [3.8, 4) is 5.75 Å². The van der Waals surface area contributed by atoms with Gasteiger partial charge in [-0.05, 0) is 55.7 Å². The molecule has 0 heterocycles. The summed E-state index contributed by atoms with van der Waals surface area (Å²) in [7, 11) is 1.58. The summed E-state index contributed by atoms with van der Waals surface area (Å²) in [5, 5.41) is 13.4. The van der Waals surface area contributed by atoms with E-state index in [9.17, 15) is 19.7 Å². The van der Waals surface area contributed by atoms with Gasteiger partial charge >= 0.3 is 12.1 Å². The monoisotopic (exact) mass is 430 g/mol. The second-order valence-corrected chi connectivity index (χ2v) is 7.52. The number of non-ortho nitro benzene ring substituents is 1. The van der Waals surface area contributed by atoms with E-state index in [1.165, 1.54) is 24.3 Å². The van der Waals surface area contributed by atoms with Gasteiger partial charge < -0.3 is 19.5 Å². The number of nitro groups is 1. The minimum Gasteiger partial charge on any atom is -0.497 e. The molecular formula is C22H26N2O7. The van der Waals surface area contributed by atoms with E-state index < -0.39 is 16.6 Å². The molecule has 1 amide bonds. The molecule has 0 saturated carbocycles.